The Morgan fingerprint density at radius 1 is 1.17 bits per heavy atom. The van der Waals surface area contributed by atoms with Crippen molar-refractivity contribution >= 4 is 23.2 Å². The van der Waals surface area contributed by atoms with Crippen molar-refractivity contribution in [2.45, 2.75) is 38.8 Å². The third kappa shape index (κ3) is 3.65. The second-order valence-electron chi connectivity index (χ2n) is 6.45. The van der Waals surface area contributed by atoms with E-state index in [9.17, 15) is 0 Å². The summed E-state index contributed by atoms with van der Waals surface area (Å²) >= 11 is 12.1. The zero-order chi connectivity index (χ0) is 15.8. The molecule has 0 radical (unpaired) electrons. The van der Waals surface area contributed by atoms with Gasteiger partial charge >= 0.3 is 0 Å². The van der Waals surface area contributed by atoms with E-state index < -0.39 is 0 Å². The maximum Gasteiger partial charge on any atom is 0.135 e. The summed E-state index contributed by atoms with van der Waals surface area (Å²) in [5.41, 5.74) is 3.45. The molecule has 1 fully saturated rings. The molecule has 0 saturated heterocycles. The summed E-state index contributed by atoms with van der Waals surface area (Å²) in [5.74, 6) is 1.81. The van der Waals surface area contributed by atoms with Gasteiger partial charge in [0, 0.05) is 37.8 Å². The topological polar surface area (TPSA) is 41.9 Å². The largest absolute Gasteiger partial charge is 0.293 e. The van der Waals surface area contributed by atoms with Gasteiger partial charge in [0.1, 0.15) is 16.1 Å². The van der Waals surface area contributed by atoms with Crippen molar-refractivity contribution in [2.24, 2.45) is 5.92 Å². The maximum atomic E-state index is 6.19. The highest BCUT2D eigenvalue weighted by Gasteiger charge is 2.24. The van der Waals surface area contributed by atoms with Crippen LogP contribution in [-0.2, 0) is 25.9 Å². The van der Waals surface area contributed by atoms with Crippen LogP contribution in [0.2, 0.25) is 10.3 Å². The molecule has 4 nitrogen and oxygen atoms in total. The molecule has 120 valence electrons. The van der Waals surface area contributed by atoms with Gasteiger partial charge < -0.3 is 0 Å². The van der Waals surface area contributed by atoms with Gasteiger partial charge in [0.2, 0.25) is 0 Å². The van der Waals surface area contributed by atoms with Gasteiger partial charge in [-0.25, -0.2) is 15.0 Å². The van der Waals surface area contributed by atoms with Crippen molar-refractivity contribution in [3.05, 3.63) is 51.3 Å². The van der Waals surface area contributed by atoms with E-state index in [1.807, 2.05) is 12.3 Å². The SMILES string of the molecule is Clc1ccc(CN2CCc3cnc(CC4CC4)nc3C2)c(Cl)n1. The minimum absolute atomic E-state index is 0.431. The molecule has 0 unspecified atom stereocenters. The van der Waals surface area contributed by atoms with Crippen LogP contribution in [0.3, 0.4) is 0 Å². The molecule has 1 saturated carbocycles. The fraction of sp³-hybridized carbons (Fsp3) is 0.471. The molecule has 2 aromatic heterocycles. The number of hydrogen-bond donors (Lipinski definition) is 0. The Balaban J connectivity index is 1.48. The molecule has 4 rings (SSSR count). The van der Waals surface area contributed by atoms with Gasteiger partial charge in [-0.2, -0.15) is 0 Å². The average molecular weight is 349 g/mol. The third-order valence-corrected chi connectivity index (χ3v) is 5.07. The van der Waals surface area contributed by atoms with E-state index in [4.69, 9.17) is 28.2 Å². The highest BCUT2D eigenvalue weighted by molar-refractivity contribution is 6.32. The minimum Gasteiger partial charge on any atom is -0.293 e. The minimum atomic E-state index is 0.431. The predicted octanol–water partition coefficient (Wildman–Crippen LogP) is 3.69. The smallest absolute Gasteiger partial charge is 0.135 e. The van der Waals surface area contributed by atoms with Gasteiger partial charge in [-0.15, -0.1) is 0 Å². The zero-order valence-corrected chi connectivity index (χ0v) is 14.3. The Bertz CT molecular complexity index is 731. The number of hydrogen-bond acceptors (Lipinski definition) is 4. The molecule has 1 aliphatic carbocycles. The quantitative estimate of drug-likeness (QED) is 0.790. The summed E-state index contributed by atoms with van der Waals surface area (Å²) in [6.45, 7) is 2.59. The average Bonchev–Trinajstić information content (AvgIpc) is 3.34. The molecule has 0 spiro atoms. The van der Waals surface area contributed by atoms with Gasteiger partial charge in [0.05, 0.1) is 5.69 Å². The zero-order valence-electron chi connectivity index (χ0n) is 12.8. The predicted molar refractivity (Wildman–Crippen MR) is 90.5 cm³/mol. The first kappa shape index (κ1) is 15.3. The third-order valence-electron chi connectivity index (χ3n) is 4.53. The molecule has 6 heteroatoms. The monoisotopic (exact) mass is 348 g/mol. The first-order valence-electron chi connectivity index (χ1n) is 8.04. The van der Waals surface area contributed by atoms with Crippen LogP contribution in [0.5, 0.6) is 0 Å². The number of aromatic nitrogens is 3. The van der Waals surface area contributed by atoms with Crippen LogP contribution in [0.15, 0.2) is 18.3 Å². The van der Waals surface area contributed by atoms with Gasteiger partial charge in [-0.3, -0.25) is 4.90 Å². The summed E-state index contributed by atoms with van der Waals surface area (Å²) in [4.78, 5) is 15.8. The molecule has 3 heterocycles. The van der Waals surface area contributed by atoms with E-state index in [-0.39, 0.29) is 0 Å². The van der Waals surface area contributed by atoms with Crippen LogP contribution in [0.4, 0.5) is 0 Å². The Labute approximate surface area is 145 Å². The van der Waals surface area contributed by atoms with Crippen LogP contribution in [-0.4, -0.2) is 26.4 Å². The lowest BCUT2D eigenvalue weighted by molar-refractivity contribution is 0.240. The molecule has 23 heavy (non-hydrogen) atoms. The molecule has 0 aromatic carbocycles. The number of rotatable bonds is 4. The lowest BCUT2D eigenvalue weighted by Crippen LogP contribution is -2.31. The Morgan fingerprint density at radius 3 is 2.83 bits per heavy atom. The number of halogens is 2. The molecular formula is C17H18Cl2N4. The van der Waals surface area contributed by atoms with E-state index in [1.54, 1.807) is 6.07 Å². The van der Waals surface area contributed by atoms with Crippen LogP contribution < -0.4 is 0 Å². The Morgan fingerprint density at radius 2 is 2.04 bits per heavy atom. The van der Waals surface area contributed by atoms with Crippen molar-refractivity contribution in [3.63, 3.8) is 0 Å². The van der Waals surface area contributed by atoms with Crippen LogP contribution in [0.25, 0.3) is 0 Å². The summed E-state index contributed by atoms with van der Waals surface area (Å²) in [6.07, 6.45) is 6.69. The first-order chi connectivity index (χ1) is 11.2. The first-order valence-corrected chi connectivity index (χ1v) is 8.80. The van der Waals surface area contributed by atoms with Crippen LogP contribution in [0.1, 0.15) is 35.5 Å². The second kappa shape index (κ2) is 6.34. The number of nitrogens with zero attached hydrogens (tertiary/aromatic N) is 4. The lowest BCUT2D eigenvalue weighted by atomic mass is 10.1. The summed E-state index contributed by atoms with van der Waals surface area (Å²) in [7, 11) is 0. The van der Waals surface area contributed by atoms with Gasteiger partial charge in [0.25, 0.3) is 0 Å². The molecule has 0 amide bonds. The van der Waals surface area contributed by atoms with Gasteiger partial charge in [-0.1, -0.05) is 29.3 Å². The summed E-state index contributed by atoms with van der Waals surface area (Å²) < 4.78 is 0. The molecule has 1 aliphatic heterocycles. The van der Waals surface area contributed by atoms with Crippen molar-refractivity contribution in [3.8, 4) is 0 Å². The second-order valence-corrected chi connectivity index (χ2v) is 7.20. The molecule has 2 aromatic rings. The highest BCUT2D eigenvalue weighted by atomic mass is 35.5. The Kier molecular flexibility index (Phi) is 4.22. The normalized spacial score (nSPS) is 18.0. The van der Waals surface area contributed by atoms with E-state index in [1.165, 1.54) is 24.1 Å². The van der Waals surface area contributed by atoms with E-state index in [0.717, 1.165) is 49.8 Å². The Hall–Kier alpha value is -1.23. The van der Waals surface area contributed by atoms with Gasteiger partial charge in [0.15, 0.2) is 0 Å². The molecule has 0 atom stereocenters. The fourth-order valence-corrected chi connectivity index (χ4v) is 3.42. The highest BCUT2D eigenvalue weighted by Crippen LogP contribution is 2.32. The van der Waals surface area contributed by atoms with E-state index in [2.05, 4.69) is 14.9 Å². The van der Waals surface area contributed by atoms with Crippen molar-refractivity contribution in [1.29, 1.82) is 0 Å². The van der Waals surface area contributed by atoms with Crippen LogP contribution in [0, 0.1) is 5.92 Å². The summed E-state index contributed by atoms with van der Waals surface area (Å²) in [5, 5.41) is 0.917. The molecular weight excluding hydrogens is 331 g/mol. The van der Waals surface area contributed by atoms with Crippen molar-refractivity contribution in [2.75, 3.05) is 6.54 Å². The fourth-order valence-electron chi connectivity index (χ4n) is 3.01. The van der Waals surface area contributed by atoms with Gasteiger partial charge in [-0.05, 0) is 36.8 Å². The number of pyridine rings is 1. The molecule has 0 bridgehead atoms. The standard InChI is InChI=1S/C17H18Cl2N4/c18-15-4-3-13(17(19)22-15)9-23-6-5-12-8-20-16(7-11-1-2-11)21-14(12)10-23/h3-4,8,11H,1-2,5-7,9-10H2. The summed E-state index contributed by atoms with van der Waals surface area (Å²) in [6, 6.07) is 3.74. The molecule has 2 aliphatic rings. The number of fused-ring (bicyclic) bond motifs is 1. The van der Waals surface area contributed by atoms with Crippen molar-refractivity contribution < 1.29 is 0 Å². The maximum absolute atomic E-state index is 6.19. The van der Waals surface area contributed by atoms with E-state index in [0.29, 0.717) is 10.3 Å². The van der Waals surface area contributed by atoms with E-state index >= 15 is 0 Å². The lowest BCUT2D eigenvalue weighted by Gasteiger charge is -2.28. The van der Waals surface area contributed by atoms with Crippen LogP contribution >= 0.6 is 23.2 Å². The molecule has 0 N–H and O–H groups in total. The van der Waals surface area contributed by atoms with Crippen molar-refractivity contribution in [1.82, 2.24) is 19.9 Å².